The molecular formula is C22H24F3N7O2. The normalized spacial score (nSPS) is 15.3. The second-order valence-electron chi connectivity index (χ2n) is 8.04. The molecule has 9 nitrogen and oxygen atoms in total. The van der Waals surface area contributed by atoms with Crippen LogP contribution < -0.4 is 15.0 Å². The molecule has 0 saturated carbocycles. The predicted molar refractivity (Wildman–Crippen MR) is 120 cm³/mol. The van der Waals surface area contributed by atoms with Gasteiger partial charge < -0.3 is 19.9 Å². The molecule has 1 saturated heterocycles. The van der Waals surface area contributed by atoms with Crippen LogP contribution in [0.15, 0.2) is 30.5 Å². The molecule has 1 aromatic carbocycles. The van der Waals surface area contributed by atoms with E-state index in [-0.39, 0.29) is 11.6 Å². The second-order valence-corrected chi connectivity index (χ2v) is 8.04. The highest BCUT2D eigenvalue weighted by atomic mass is 19.4. The smallest absolute Gasteiger partial charge is 0.416 e. The Kier molecular flexibility index (Phi) is 6.77. The van der Waals surface area contributed by atoms with Crippen molar-refractivity contribution in [1.82, 2.24) is 24.8 Å². The molecule has 0 radical (unpaired) electrons. The first-order valence-electron chi connectivity index (χ1n) is 10.7. The maximum absolute atomic E-state index is 12.6. The topological polar surface area (TPSA) is 96.4 Å². The fraction of sp³-hybridized carbons (Fsp3) is 0.409. The van der Waals surface area contributed by atoms with Crippen molar-refractivity contribution < 1.29 is 22.7 Å². The zero-order valence-corrected chi connectivity index (χ0v) is 18.8. The van der Waals surface area contributed by atoms with E-state index in [0.717, 1.165) is 56.9 Å². The number of carbonyl (C=O) groups excluding carboxylic acids is 1. The highest BCUT2D eigenvalue weighted by molar-refractivity contribution is 5.91. The Labute approximate surface area is 194 Å². The largest absolute Gasteiger partial charge is 0.484 e. The van der Waals surface area contributed by atoms with Crippen LogP contribution in [0.4, 0.5) is 24.9 Å². The number of aromatic nitrogens is 4. The summed E-state index contributed by atoms with van der Waals surface area (Å²) in [5.74, 6) is 0.419. The number of carbonyl (C=O) groups is 1. The van der Waals surface area contributed by atoms with E-state index in [2.05, 4.69) is 42.1 Å². The molecule has 1 aliphatic heterocycles. The van der Waals surface area contributed by atoms with Gasteiger partial charge >= 0.3 is 6.18 Å². The summed E-state index contributed by atoms with van der Waals surface area (Å²) < 4.78 is 43.2. The second kappa shape index (κ2) is 9.75. The van der Waals surface area contributed by atoms with Gasteiger partial charge in [0.2, 0.25) is 5.95 Å². The van der Waals surface area contributed by atoms with Gasteiger partial charge in [-0.15, -0.1) is 0 Å². The molecule has 0 aliphatic carbocycles. The monoisotopic (exact) mass is 475 g/mol. The Bertz CT molecular complexity index is 1170. The molecule has 0 unspecified atom stereocenters. The number of halogens is 3. The Morgan fingerprint density at radius 3 is 2.59 bits per heavy atom. The molecule has 2 aromatic heterocycles. The molecule has 1 amide bonds. The van der Waals surface area contributed by atoms with Crippen LogP contribution in [-0.4, -0.2) is 70.6 Å². The maximum Gasteiger partial charge on any atom is 0.416 e. The number of hydrogen-bond donors (Lipinski definition) is 1. The number of nitrogens with zero attached hydrogens (tertiary/aromatic N) is 6. The standard InChI is InChI=1S/C22H24F3N7O2/c1-14-19-20(30-21(27-14)32-9-3-8-31(2)10-11-32)26-12-17(29-19)28-18(33)13-34-16-6-4-15(5-7-16)22(23,24)25/h4-7,12H,3,8-11,13H2,1-2H3,(H,28,29,33). The summed E-state index contributed by atoms with van der Waals surface area (Å²) in [6.07, 6.45) is -2.02. The summed E-state index contributed by atoms with van der Waals surface area (Å²) in [6.45, 7) is 5.03. The molecule has 0 spiro atoms. The Balaban J connectivity index is 1.40. The fourth-order valence-electron chi connectivity index (χ4n) is 3.55. The van der Waals surface area contributed by atoms with Crippen LogP contribution in [0.2, 0.25) is 0 Å². The number of benzene rings is 1. The van der Waals surface area contributed by atoms with Crippen LogP contribution in [0.1, 0.15) is 17.7 Å². The number of rotatable bonds is 5. The van der Waals surface area contributed by atoms with Gasteiger partial charge in [-0.1, -0.05) is 0 Å². The lowest BCUT2D eigenvalue weighted by Gasteiger charge is -2.21. The number of nitrogens with one attached hydrogen (secondary N) is 1. The molecule has 1 aliphatic rings. The van der Waals surface area contributed by atoms with Gasteiger partial charge in [0.1, 0.15) is 11.3 Å². The van der Waals surface area contributed by atoms with Crippen molar-refractivity contribution in [3.05, 3.63) is 41.7 Å². The minimum Gasteiger partial charge on any atom is -0.484 e. The molecule has 0 bridgehead atoms. The molecule has 4 rings (SSSR count). The number of alkyl halides is 3. The van der Waals surface area contributed by atoms with Crippen molar-refractivity contribution in [3.63, 3.8) is 0 Å². The zero-order chi connectivity index (χ0) is 24.3. The maximum atomic E-state index is 12.6. The van der Waals surface area contributed by atoms with E-state index in [1.807, 2.05) is 6.92 Å². The predicted octanol–water partition coefficient (Wildman–Crippen LogP) is 2.91. The summed E-state index contributed by atoms with van der Waals surface area (Å²) in [5.41, 5.74) is 0.748. The third-order valence-electron chi connectivity index (χ3n) is 5.39. The summed E-state index contributed by atoms with van der Waals surface area (Å²) >= 11 is 0. The number of anilines is 2. The molecule has 1 fully saturated rings. The van der Waals surface area contributed by atoms with Gasteiger partial charge in [-0.25, -0.2) is 15.0 Å². The minimum atomic E-state index is -4.43. The van der Waals surface area contributed by atoms with Crippen molar-refractivity contribution in [3.8, 4) is 5.75 Å². The van der Waals surface area contributed by atoms with Crippen LogP contribution in [0, 0.1) is 6.92 Å². The number of hydrogen-bond acceptors (Lipinski definition) is 8. The van der Waals surface area contributed by atoms with E-state index in [1.165, 1.54) is 6.20 Å². The molecule has 3 aromatic rings. The third kappa shape index (κ3) is 5.68. The van der Waals surface area contributed by atoms with Crippen molar-refractivity contribution in [1.29, 1.82) is 0 Å². The van der Waals surface area contributed by atoms with Gasteiger partial charge in [0.15, 0.2) is 18.1 Å². The van der Waals surface area contributed by atoms with Gasteiger partial charge in [0, 0.05) is 19.6 Å². The molecule has 1 N–H and O–H groups in total. The van der Waals surface area contributed by atoms with Gasteiger partial charge in [0.05, 0.1) is 17.5 Å². The van der Waals surface area contributed by atoms with Gasteiger partial charge in [-0.3, -0.25) is 4.79 Å². The fourth-order valence-corrected chi connectivity index (χ4v) is 3.55. The van der Waals surface area contributed by atoms with Crippen LogP contribution in [0.5, 0.6) is 5.75 Å². The number of amides is 1. The molecule has 12 heteroatoms. The van der Waals surface area contributed by atoms with E-state index in [0.29, 0.717) is 22.8 Å². The van der Waals surface area contributed by atoms with Crippen molar-refractivity contribution in [2.24, 2.45) is 0 Å². The van der Waals surface area contributed by atoms with Gasteiger partial charge in [-0.2, -0.15) is 18.2 Å². The van der Waals surface area contributed by atoms with Crippen LogP contribution in [0.3, 0.4) is 0 Å². The molecule has 34 heavy (non-hydrogen) atoms. The van der Waals surface area contributed by atoms with Crippen molar-refractivity contribution in [2.45, 2.75) is 19.5 Å². The Morgan fingerprint density at radius 1 is 1.09 bits per heavy atom. The average molecular weight is 475 g/mol. The van der Waals surface area contributed by atoms with E-state index >= 15 is 0 Å². The van der Waals surface area contributed by atoms with Crippen LogP contribution in [0.25, 0.3) is 11.2 Å². The van der Waals surface area contributed by atoms with Crippen LogP contribution in [-0.2, 0) is 11.0 Å². The van der Waals surface area contributed by atoms with E-state index in [1.54, 1.807) is 0 Å². The number of aryl methyl sites for hydroxylation is 1. The highest BCUT2D eigenvalue weighted by Crippen LogP contribution is 2.30. The molecule has 3 heterocycles. The summed E-state index contributed by atoms with van der Waals surface area (Å²) in [5, 5.41) is 2.57. The SMILES string of the molecule is Cc1nc(N2CCCN(C)CC2)nc2ncc(NC(=O)COc3ccc(C(F)(F)F)cc3)nc12. The molecule has 0 atom stereocenters. The van der Waals surface area contributed by atoms with Crippen molar-refractivity contribution >= 4 is 28.8 Å². The number of fused-ring (bicyclic) bond motifs is 1. The first-order valence-corrected chi connectivity index (χ1v) is 10.7. The minimum absolute atomic E-state index is 0.143. The van der Waals surface area contributed by atoms with E-state index in [9.17, 15) is 18.0 Å². The highest BCUT2D eigenvalue weighted by Gasteiger charge is 2.30. The lowest BCUT2D eigenvalue weighted by atomic mass is 10.2. The molecule has 180 valence electrons. The van der Waals surface area contributed by atoms with Crippen LogP contribution >= 0.6 is 0 Å². The first kappa shape index (κ1) is 23.6. The van der Waals surface area contributed by atoms with Crippen molar-refractivity contribution in [2.75, 3.05) is 50.1 Å². The van der Waals surface area contributed by atoms with Gasteiger partial charge in [-0.05, 0) is 51.2 Å². The zero-order valence-electron chi connectivity index (χ0n) is 18.8. The number of ether oxygens (including phenoxy) is 1. The van der Waals surface area contributed by atoms with E-state index < -0.39 is 24.3 Å². The number of likely N-dealkylation sites (N-methyl/N-ethyl adjacent to an activating group) is 1. The average Bonchev–Trinajstić information content (AvgIpc) is 3.02. The lowest BCUT2D eigenvalue weighted by Crippen LogP contribution is -2.30. The molecular weight excluding hydrogens is 451 g/mol. The Morgan fingerprint density at radius 2 is 1.85 bits per heavy atom. The summed E-state index contributed by atoms with van der Waals surface area (Å²) in [7, 11) is 2.09. The summed E-state index contributed by atoms with van der Waals surface area (Å²) in [6, 6.07) is 4.10. The Hall–Kier alpha value is -3.54. The van der Waals surface area contributed by atoms with E-state index in [4.69, 9.17) is 4.74 Å². The summed E-state index contributed by atoms with van der Waals surface area (Å²) in [4.78, 5) is 34.5. The third-order valence-corrected chi connectivity index (χ3v) is 5.39. The first-order chi connectivity index (χ1) is 16.2. The quantitative estimate of drug-likeness (QED) is 0.602. The van der Waals surface area contributed by atoms with Gasteiger partial charge in [0.25, 0.3) is 5.91 Å². The lowest BCUT2D eigenvalue weighted by molar-refractivity contribution is -0.137.